The third kappa shape index (κ3) is 1.78. The van der Waals surface area contributed by atoms with Crippen molar-refractivity contribution in [1.82, 2.24) is 4.57 Å². The van der Waals surface area contributed by atoms with E-state index in [2.05, 4.69) is 0 Å². The lowest BCUT2D eigenvalue weighted by atomic mass is 10.4. The Hall–Kier alpha value is -1.14. The molecule has 0 unspecified atom stereocenters. The minimum Gasteiger partial charge on any atom is -0.477 e. The molecule has 0 amide bonds. The molecule has 0 fully saturated rings. The average molecular weight is 203 g/mol. The molecule has 0 bridgehead atoms. The third-order valence-electron chi connectivity index (χ3n) is 1.66. The Bertz CT molecular complexity index is 378. The van der Waals surface area contributed by atoms with E-state index in [1.54, 1.807) is 6.92 Å². The molecular formula is C7H9NO4S. The number of aliphatic hydroxyl groups excluding tert-OH is 1. The topological polar surface area (TPSA) is 79.5 Å². The second-order valence-electron chi connectivity index (χ2n) is 2.46. The van der Waals surface area contributed by atoms with Gasteiger partial charge in [0.15, 0.2) is 0 Å². The molecule has 0 aliphatic heterocycles. The number of rotatable bonds is 3. The molecule has 0 aromatic carbocycles. The summed E-state index contributed by atoms with van der Waals surface area (Å²) in [5.41, 5.74) is 0.400. The first-order valence-electron chi connectivity index (χ1n) is 3.62. The Balaban J connectivity index is 3.22. The normalized spacial score (nSPS) is 10.3. The molecule has 0 atom stereocenters. The van der Waals surface area contributed by atoms with Crippen LogP contribution in [-0.2, 0) is 6.54 Å². The van der Waals surface area contributed by atoms with Crippen LogP contribution < -0.4 is 4.87 Å². The first-order chi connectivity index (χ1) is 6.07. The van der Waals surface area contributed by atoms with Gasteiger partial charge in [-0.2, -0.15) is 0 Å². The standard InChI is InChI=1S/C7H9NO4S/c1-4-5(6(10)11)13-7(12)8(4)2-3-9/h9H,2-3H2,1H3,(H,10,11). The summed E-state index contributed by atoms with van der Waals surface area (Å²) in [5, 5.41) is 17.3. The highest BCUT2D eigenvalue weighted by Crippen LogP contribution is 2.10. The van der Waals surface area contributed by atoms with Gasteiger partial charge in [-0.1, -0.05) is 11.3 Å². The number of aromatic nitrogens is 1. The third-order valence-corrected chi connectivity index (χ3v) is 2.73. The van der Waals surface area contributed by atoms with Gasteiger partial charge < -0.3 is 14.8 Å². The number of carbonyl (C=O) groups is 1. The van der Waals surface area contributed by atoms with Gasteiger partial charge in [-0.3, -0.25) is 4.79 Å². The maximum atomic E-state index is 11.2. The first kappa shape index (κ1) is 9.94. The molecule has 0 spiro atoms. The fraction of sp³-hybridized carbons (Fsp3) is 0.429. The van der Waals surface area contributed by atoms with Crippen molar-refractivity contribution in [2.24, 2.45) is 0 Å². The zero-order chi connectivity index (χ0) is 10.0. The van der Waals surface area contributed by atoms with Gasteiger partial charge in [0.05, 0.1) is 6.61 Å². The lowest BCUT2D eigenvalue weighted by Crippen LogP contribution is -2.16. The van der Waals surface area contributed by atoms with E-state index >= 15 is 0 Å². The number of hydrogen-bond donors (Lipinski definition) is 2. The number of carboxylic acid groups (broad SMARTS) is 1. The molecule has 72 valence electrons. The Kier molecular flexibility index (Phi) is 2.84. The highest BCUT2D eigenvalue weighted by Gasteiger charge is 2.15. The van der Waals surface area contributed by atoms with E-state index in [0.29, 0.717) is 17.0 Å². The number of nitrogens with zero attached hydrogens (tertiary/aromatic N) is 1. The largest absolute Gasteiger partial charge is 0.477 e. The average Bonchev–Trinajstić information content (AvgIpc) is 2.32. The molecule has 1 rings (SSSR count). The lowest BCUT2D eigenvalue weighted by molar-refractivity contribution is 0.0700. The predicted octanol–water partition coefficient (Wildman–Crippen LogP) is -0.0913. The van der Waals surface area contributed by atoms with Crippen LogP contribution in [0, 0.1) is 6.92 Å². The number of carboxylic acids is 1. The lowest BCUT2D eigenvalue weighted by Gasteiger charge is -2.00. The van der Waals surface area contributed by atoms with Crippen molar-refractivity contribution in [3.8, 4) is 0 Å². The highest BCUT2D eigenvalue weighted by molar-refractivity contribution is 7.11. The van der Waals surface area contributed by atoms with Gasteiger partial charge in [0.1, 0.15) is 4.88 Å². The van der Waals surface area contributed by atoms with Crippen LogP contribution >= 0.6 is 11.3 Å². The molecule has 1 aromatic heterocycles. The summed E-state index contributed by atoms with van der Waals surface area (Å²) < 4.78 is 1.26. The van der Waals surface area contributed by atoms with Crippen LogP contribution in [0.4, 0.5) is 0 Å². The Morgan fingerprint density at radius 1 is 1.62 bits per heavy atom. The summed E-state index contributed by atoms with van der Waals surface area (Å²) >= 11 is 0.686. The summed E-state index contributed by atoms with van der Waals surface area (Å²) in [5.74, 6) is -1.10. The van der Waals surface area contributed by atoms with E-state index in [1.807, 2.05) is 0 Å². The minimum absolute atomic E-state index is 0.0402. The van der Waals surface area contributed by atoms with Crippen molar-refractivity contribution in [2.45, 2.75) is 13.5 Å². The maximum absolute atomic E-state index is 11.2. The molecule has 2 N–H and O–H groups in total. The number of aliphatic hydroxyl groups is 1. The quantitative estimate of drug-likeness (QED) is 0.719. The molecule has 0 saturated heterocycles. The van der Waals surface area contributed by atoms with Gasteiger partial charge >= 0.3 is 10.8 Å². The van der Waals surface area contributed by atoms with Crippen LogP contribution in [0.5, 0.6) is 0 Å². The monoisotopic (exact) mass is 203 g/mol. The molecule has 1 heterocycles. The maximum Gasteiger partial charge on any atom is 0.347 e. The van der Waals surface area contributed by atoms with Crippen molar-refractivity contribution in [3.05, 3.63) is 20.2 Å². The Morgan fingerprint density at radius 3 is 2.62 bits per heavy atom. The van der Waals surface area contributed by atoms with Gasteiger partial charge in [-0.05, 0) is 6.92 Å². The van der Waals surface area contributed by atoms with Crippen LogP contribution in [0.2, 0.25) is 0 Å². The minimum atomic E-state index is -1.10. The van der Waals surface area contributed by atoms with E-state index in [9.17, 15) is 9.59 Å². The summed E-state index contributed by atoms with van der Waals surface area (Å²) in [7, 11) is 0. The first-order valence-corrected chi connectivity index (χ1v) is 4.44. The summed E-state index contributed by atoms with van der Waals surface area (Å²) in [6.07, 6.45) is 0. The molecule has 5 nitrogen and oxygen atoms in total. The van der Waals surface area contributed by atoms with Crippen molar-refractivity contribution >= 4 is 17.3 Å². The van der Waals surface area contributed by atoms with Crippen molar-refractivity contribution in [2.75, 3.05) is 6.61 Å². The molecule has 13 heavy (non-hydrogen) atoms. The van der Waals surface area contributed by atoms with Gasteiger partial charge in [0.25, 0.3) is 0 Å². The van der Waals surface area contributed by atoms with Crippen molar-refractivity contribution < 1.29 is 15.0 Å². The van der Waals surface area contributed by atoms with Crippen LogP contribution in [0.3, 0.4) is 0 Å². The number of thiazole rings is 1. The van der Waals surface area contributed by atoms with E-state index < -0.39 is 5.97 Å². The predicted molar refractivity (Wildman–Crippen MR) is 47.4 cm³/mol. The van der Waals surface area contributed by atoms with Gasteiger partial charge in [0.2, 0.25) is 0 Å². The SMILES string of the molecule is Cc1c(C(=O)O)sc(=O)n1CCO. The van der Waals surface area contributed by atoms with E-state index in [0.717, 1.165) is 0 Å². The van der Waals surface area contributed by atoms with E-state index in [-0.39, 0.29) is 22.9 Å². The zero-order valence-corrected chi connectivity index (χ0v) is 7.80. The second kappa shape index (κ2) is 3.71. The number of hydrogen-bond acceptors (Lipinski definition) is 4. The fourth-order valence-electron chi connectivity index (χ4n) is 1.03. The molecule has 0 aliphatic carbocycles. The van der Waals surface area contributed by atoms with Crippen molar-refractivity contribution in [3.63, 3.8) is 0 Å². The molecule has 6 heteroatoms. The van der Waals surface area contributed by atoms with Gasteiger partial charge in [-0.25, -0.2) is 4.79 Å². The zero-order valence-electron chi connectivity index (χ0n) is 6.98. The fourth-order valence-corrected chi connectivity index (χ4v) is 1.89. The smallest absolute Gasteiger partial charge is 0.347 e. The summed E-state index contributed by atoms with van der Waals surface area (Å²) in [6.45, 7) is 1.53. The molecule has 0 aliphatic rings. The molecule has 0 saturated carbocycles. The Morgan fingerprint density at radius 2 is 2.23 bits per heavy atom. The van der Waals surface area contributed by atoms with Crippen LogP contribution in [0.15, 0.2) is 4.79 Å². The van der Waals surface area contributed by atoms with Gasteiger partial charge in [0, 0.05) is 12.2 Å². The molecular weight excluding hydrogens is 194 g/mol. The summed E-state index contributed by atoms with van der Waals surface area (Å²) in [4.78, 5) is 21.4. The van der Waals surface area contributed by atoms with Crippen LogP contribution in [0.1, 0.15) is 15.4 Å². The number of aromatic carboxylic acids is 1. The van der Waals surface area contributed by atoms with E-state index in [1.165, 1.54) is 4.57 Å². The molecule has 0 radical (unpaired) electrons. The van der Waals surface area contributed by atoms with Crippen LogP contribution in [-0.4, -0.2) is 27.4 Å². The highest BCUT2D eigenvalue weighted by atomic mass is 32.1. The van der Waals surface area contributed by atoms with Crippen LogP contribution in [0.25, 0.3) is 0 Å². The van der Waals surface area contributed by atoms with Crippen molar-refractivity contribution in [1.29, 1.82) is 0 Å². The molecule has 1 aromatic rings. The van der Waals surface area contributed by atoms with E-state index in [4.69, 9.17) is 10.2 Å². The second-order valence-corrected chi connectivity index (χ2v) is 3.42. The van der Waals surface area contributed by atoms with Gasteiger partial charge in [-0.15, -0.1) is 0 Å². The Labute approximate surface area is 77.9 Å². The summed E-state index contributed by atoms with van der Waals surface area (Å²) in [6, 6.07) is 0.